The third kappa shape index (κ3) is 5.68. The number of ether oxygens (including phenoxy) is 2. The molecule has 0 saturated carbocycles. The summed E-state index contributed by atoms with van der Waals surface area (Å²) in [5, 5.41) is 5.88. The summed E-state index contributed by atoms with van der Waals surface area (Å²) in [7, 11) is 1.61. The summed E-state index contributed by atoms with van der Waals surface area (Å²) in [6.45, 7) is 6.34. The van der Waals surface area contributed by atoms with E-state index in [0.717, 1.165) is 28.4 Å². The van der Waals surface area contributed by atoms with Gasteiger partial charge in [-0.25, -0.2) is 0 Å². The van der Waals surface area contributed by atoms with Crippen LogP contribution in [0.3, 0.4) is 0 Å². The van der Waals surface area contributed by atoms with Crippen molar-refractivity contribution in [2.24, 2.45) is 0 Å². The Hall–Kier alpha value is -2.95. The van der Waals surface area contributed by atoms with Gasteiger partial charge in [0.2, 0.25) is 5.91 Å². The zero-order chi connectivity index (χ0) is 17.4. The quantitative estimate of drug-likeness (QED) is 0.726. The summed E-state index contributed by atoms with van der Waals surface area (Å²) in [5.41, 5.74) is 2.50. The van der Waals surface area contributed by atoms with Crippen LogP contribution in [0.2, 0.25) is 0 Å². The Labute approximate surface area is 142 Å². The SMILES string of the molecule is C=C(C)COc1ccc(NC(=O)CNc2cccc(OC)c2)cc1. The molecule has 24 heavy (non-hydrogen) atoms. The van der Waals surface area contributed by atoms with Crippen LogP contribution in [0.4, 0.5) is 11.4 Å². The maximum atomic E-state index is 12.0. The zero-order valence-electron chi connectivity index (χ0n) is 14.0. The fraction of sp³-hybridized carbons (Fsp3) is 0.211. The standard InChI is InChI=1S/C19H22N2O3/c1-14(2)13-24-17-9-7-15(8-10-17)21-19(22)12-20-16-5-4-6-18(11-16)23-3/h4-11,20H,1,12-13H2,2-3H3,(H,21,22). The van der Waals surface area contributed by atoms with Crippen LogP contribution in [-0.4, -0.2) is 26.2 Å². The van der Waals surface area contributed by atoms with Gasteiger partial charge >= 0.3 is 0 Å². The van der Waals surface area contributed by atoms with Crippen molar-refractivity contribution in [2.75, 3.05) is 30.9 Å². The molecule has 2 aromatic rings. The fourth-order valence-electron chi connectivity index (χ4n) is 1.96. The Morgan fingerprint density at radius 2 is 1.83 bits per heavy atom. The van der Waals surface area contributed by atoms with Crippen LogP contribution in [0.1, 0.15) is 6.92 Å². The van der Waals surface area contributed by atoms with E-state index in [4.69, 9.17) is 9.47 Å². The third-order valence-electron chi connectivity index (χ3n) is 3.15. The molecule has 0 aromatic heterocycles. The second kappa shape index (κ2) is 8.62. The summed E-state index contributed by atoms with van der Waals surface area (Å²) < 4.78 is 10.7. The number of benzene rings is 2. The van der Waals surface area contributed by atoms with Gasteiger partial charge in [0.05, 0.1) is 13.7 Å². The summed E-state index contributed by atoms with van der Waals surface area (Å²) >= 11 is 0. The molecule has 0 bridgehead atoms. The molecule has 2 N–H and O–H groups in total. The van der Waals surface area contributed by atoms with Crippen LogP contribution in [0.25, 0.3) is 0 Å². The van der Waals surface area contributed by atoms with Gasteiger partial charge in [0.25, 0.3) is 0 Å². The molecule has 0 unspecified atom stereocenters. The number of nitrogens with one attached hydrogen (secondary N) is 2. The normalized spacial score (nSPS) is 9.92. The lowest BCUT2D eigenvalue weighted by Gasteiger charge is -2.10. The summed E-state index contributed by atoms with van der Waals surface area (Å²) in [6, 6.07) is 14.7. The molecule has 0 heterocycles. The molecule has 0 radical (unpaired) electrons. The fourth-order valence-corrected chi connectivity index (χ4v) is 1.96. The van der Waals surface area contributed by atoms with E-state index in [9.17, 15) is 4.79 Å². The highest BCUT2D eigenvalue weighted by molar-refractivity contribution is 5.93. The van der Waals surface area contributed by atoms with Gasteiger partial charge in [-0.1, -0.05) is 12.6 Å². The number of hydrogen-bond acceptors (Lipinski definition) is 4. The highest BCUT2D eigenvalue weighted by atomic mass is 16.5. The molecule has 5 nitrogen and oxygen atoms in total. The maximum Gasteiger partial charge on any atom is 0.243 e. The van der Waals surface area contributed by atoms with Gasteiger partial charge in [-0.2, -0.15) is 0 Å². The van der Waals surface area contributed by atoms with Gasteiger partial charge in [-0.15, -0.1) is 0 Å². The molecule has 0 atom stereocenters. The van der Waals surface area contributed by atoms with Crippen molar-refractivity contribution >= 4 is 17.3 Å². The molecule has 2 rings (SSSR count). The van der Waals surface area contributed by atoms with Gasteiger partial charge in [0.15, 0.2) is 0 Å². The summed E-state index contributed by atoms with van der Waals surface area (Å²) in [6.07, 6.45) is 0. The van der Waals surface area contributed by atoms with Crippen molar-refractivity contribution in [3.8, 4) is 11.5 Å². The molecular weight excluding hydrogens is 304 g/mol. The minimum Gasteiger partial charge on any atom is -0.497 e. The number of methoxy groups -OCH3 is 1. The smallest absolute Gasteiger partial charge is 0.243 e. The molecule has 5 heteroatoms. The van der Waals surface area contributed by atoms with Crippen LogP contribution in [0, 0.1) is 0 Å². The molecule has 0 aliphatic carbocycles. The number of carbonyl (C=O) groups excluding carboxylic acids is 1. The molecule has 126 valence electrons. The first-order chi connectivity index (χ1) is 11.6. The lowest BCUT2D eigenvalue weighted by Crippen LogP contribution is -2.21. The van der Waals surface area contributed by atoms with Crippen LogP contribution in [0.15, 0.2) is 60.7 Å². The first-order valence-corrected chi connectivity index (χ1v) is 7.62. The molecule has 0 fully saturated rings. The lowest BCUT2D eigenvalue weighted by atomic mass is 10.3. The van der Waals surface area contributed by atoms with Crippen LogP contribution < -0.4 is 20.1 Å². The maximum absolute atomic E-state index is 12.0. The van der Waals surface area contributed by atoms with Gasteiger partial charge in [-0.05, 0) is 48.9 Å². The zero-order valence-corrected chi connectivity index (χ0v) is 14.0. The highest BCUT2D eigenvalue weighted by Crippen LogP contribution is 2.17. The van der Waals surface area contributed by atoms with E-state index < -0.39 is 0 Å². The van der Waals surface area contributed by atoms with Crippen molar-refractivity contribution in [1.29, 1.82) is 0 Å². The van der Waals surface area contributed by atoms with Gasteiger partial charge in [0, 0.05) is 17.4 Å². The van der Waals surface area contributed by atoms with Gasteiger partial charge in [0.1, 0.15) is 18.1 Å². The number of hydrogen-bond donors (Lipinski definition) is 2. The number of rotatable bonds is 8. The molecule has 0 aliphatic heterocycles. The molecule has 0 spiro atoms. The molecule has 0 saturated heterocycles. The average molecular weight is 326 g/mol. The second-order valence-corrected chi connectivity index (χ2v) is 5.40. The van der Waals surface area contributed by atoms with Crippen molar-refractivity contribution in [3.05, 3.63) is 60.7 Å². The van der Waals surface area contributed by atoms with Crippen LogP contribution in [0.5, 0.6) is 11.5 Å². The van der Waals surface area contributed by atoms with Gasteiger partial charge < -0.3 is 20.1 Å². The minimum atomic E-state index is -0.131. The van der Waals surface area contributed by atoms with Crippen molar-refractivity contribution in [3.63, 3.8) is 0 Å². The van der Waals surface area contributed by atoms with Crippen LogP contribution in [-0.2, 0) is 4.79 Å². The second-order valence-electron chi connectivity index (χ2n) is 5.40. The Morgan fingerprint density at radius 3 is 2.50 bits per heavy atom. The van der Waals surface area contributed by atoms with E-state index >= 15 is 0 Å². The van der Waals surface area contributed by atoms with E-state index in [1.54, 1.807) is 19.2 Å². The monoisotopic (exact) mass is 326 g/mol. The van der Waals surface area contributed by atoms with E-state index in [1.807, 2.05) is 43.3 Å². The number of carbonyl (C=O) groups is 1. The van der Waals surface area contributed by atoms with Crippen molar-refractivity contribution in [1.82, 2.24) is 0 Å². The van der Waals surface area contributed by atoms with E-state index in [2.05, 4.69) is 17.2 Å². The highest BCUT2D eigenvalue weighted by Gasteiger charge is 2.03. The third-order valence-corrected chi connectivity index (χ3v) is 3.15. The number of amides is 1. The Balaban J connectivity index is 1.82. The molecule has 2 aromatic carbocycles. The predicted molar refractivity (Wildman–Crippen MR) is 96.9 cm³/mol. The predicted octanol–water partition coefficient (Wildman–Crippen LogP) is 3.70. The topological polar surface area (TPSA) is 59.6 Å². The Kier molecular flexibility index (Phi) is 6.25. The molecule has 1 amide bonds. The van der Waals surface area contributed by atoms with Crippen molar-refractivity contribution in [2.45, 2.75) is 6.92 Å². The van der Waals surface area contributed by atoms with Crippen molar-refractivity contribution < 1.29 is 14.3 Å². The van der Waals surface area contributed by atoms with Crippen LogP contribution >= 0.6 is 0 Å². The minimum absolute atomic E-state index is 0.131. The largest absolute Gasteiger partial charge is 0.497 e. The summed E-state index contributed by atoms with van der Waals surface area (Å²) in [5.74, 6) is 1.35. The Bertz CT molecular complexity index is 696. The number of anilines is 2. The first-order valence-electron chi connectivity index (χ1n) is 7.62. The molecular formula is C19H22N2O3. The lowest BCUT2D eigenvalue weighted by molar-refractivity contribution is -0.114. The van der Waals surface area contributed by atoms with E-state index in [1.165, 1.54) is 0 Å². The Morgan fingerprint density at radius 1 is 1.08 bits per heavy atom. The van der Waals surface area contributed by atoms with Gasteiger partial charge in [-0.3, -0.25) is 4.79 Å². The summed E-state index contributed by atoms with van der Waals surface area (Å²) in [4.78, 5) is 12.0. The van der Waals surface area contributed by atoms with E-state index in [0.29, 0.717) is 6.61 Å². The first kappa shape index (κ1) is 17.4. The molecule has 0 aliphatic rings. The average Bonchev–Trinajstić information content (AvgIpc) is 2.59. The van der Waals surface area contributed by atoms with E-state index in [-0.39, 0.29) is 12.5 Å².